The molecule has 0 radical (unpaired) electrons. The molecule has 4 heterocycles. The zero-order valence-corrected chi connectivity index (χ0v) is 15.8. The zero-order chi connectivity index (χ0) is 20.0. The highest BCUT2D eigenvalue weighted by Gasteiger charge is 2.24. The maximum Gasteiger partial charge on any atom is 0.245 e. The van der Waals surface area contributed by atoms with Gasteiger partial charge in [-0.3, -0.25) is 0 Å². The Hall–Kier alpha value is -3.49. The molecule has 1 fully saturated rings. The van der Waals surface area contributed by atoms with Crippen molar-refractivity contribution in [3.63, 3.8) is 0 Å². The third kappa shape index (κ3) is 3.18. The van der Waals surface area contributed by atoms with Crippen LogP contribution in [0.3, 0.4) is 0 Å². The van der Waals surface area contributed by atoms with Crippen LogP contribution in [-0.2, 0) is 0 Å². The Morgan fingerprint density at radius 1 is 1.17 bits per heavy atom. The third-order valence-corrected chi connectivity index (χ3v) is 5.22. The Labute approximate surface area is 165 Å². The van der Waals surface area contributed by atoms with E-state index in [4.69, 9.17) is 4.98 Å². The average Bonchev–Trinajstić information content (AvgIpc) is 3.44. The molecule has 1 aliphatic rings. The molecular weight excluding hydrogens is 376 g/mol. The minimum atomic E-state index is -0.902. The predicted molar refractivity (Wildman–Crippen MR) is 106 cm³/mol. The van der Waals surface area contributed by atoms with Gasteiger partial charge >= 0.3 is 0 Å². The summed E-state index contributed by atoms with van der Waals surface area (Å²) >= 11 is 0. The Morgan fingerprint density at radius 3 is 2.86 bits per heavy atom. The predicted octanol–water partition coefficient (Wildman–Crippen LogP) is 3.93. The lowest BCUT2D eigenvalue weighted by atomic mass is 10.2. The summed E-state index contributed by atoms with van der Waals surface area (Å²) < 4.78 is 30.1. The van der Waals surface area contributed by atoms with Gasteiger partial charge in [-0.15, -0.1) is 5.10 Å². The Kier molecular flexibility index (Phi) is 4.15. The van der Waals surface area contributed by atoms with Gasteiger partial charge in [0.1, 0.15) is 17.7 Å². The topological polar surface area (TPSA) is 63.3 Å². The Morgan fingerprint density at radius 2 is 2.07 bits per heavy atom. The van der Waals surface area contributed by atoms with Crippen molar-refractivity contribution in [2.24, 2.45) is 0 Å². The number of halogens is 2. The highest BCUT2D eigenvalue weighted by molar-refractivity contribution is 5.73. The molecule has 0 unspecified atom stereocenters. The van der Waals surface area contributed by atoms with Gasteiger partial charge in [-0.2, -0.15) is 4.98 Å². The highest BCUT2D eigenvalue weighted by Crippen LogP contribution is 2.26. The first-order chi connectivity index (χ1) is 14.1. The number of imidazole rings is 1. The quantitative estimate of drug-likeness (QED) is 0.567. The maximum absolute atomic E-state index is 13.5. The van der Waals surface area contributed by atoms with E-state index in [0.717, 1.165) is 37.0 Å². The van der Waals surface area contributed by atoms with E-state index in [1.807, 2.05) is 18.3 Å². The number of aromatic nitrogens is 5. The molecule has 0 bridgehead atoms. The van der Waals surface area contributed by atoms with E-state index >= 15 is 0 Å². The molecule has 1 atom stereocenters. The average molecular weight is 395 g/mol. The second kappa shape index (κ2) is 6.84. The summed E-state index contributed by atoms with van der Waals surface area (Å²) in [4.78, 5) is 11.3. The Balaban J connectivity index is 1.48. The lowest BCUT2D eigenvalue weighted by molar-refractivity contribution is 0.508. The van der Waals surface area contributed by atoms with Crippen molar-refractivity contribution in [1.29, 1.82) is 0 Å². The van der Waals surface area contributed by atoms with Crippen LogP contribution >= 0.6 is 0 Å². The molecule has 5 rings (SSSR count). The monoisotopic (exact) mass is 395 g/mol. The lowest BCUT2D eigenvalue weighted by Crippen LogP contribution is -2.29. The van der Waals surface area contributed by atoms with Crippen molar-refractivity contribution in [3.8, 4) is 5.69 Å². The number of hydrogen-bond acceptors (Lipinski definition) is 5. The van der Waals surface area contributed by atoms with E-state index in [1.165, 1.54) is 12.4 Å². The number of nitrogens with one attached hydrogen (secondary N) is 1. The van der Waals surface area contributed by atoms with Gasteiger partial charge in [0.05, 0.1) is 6.20 Å². The van der Waals surface area contributed by atoms with E-state index in [9.17, 15) is 8.78 Å². The van der Waals surface area contributed by atoms with Crippen LogP contribution < -0.4 is 10.2 Å². The van der Waals surface area contributed by atoms with Gasteiger partial charge in [0.15, 0.2) is 17.5 Å². The van der Waals surface area contributed by atoms with E-state index in [1.54, 1.807) is 15.3 Å². The molecule has 9 heteroatoms. The summed E-state index contributed by atoms with van der Waals surface area (Å²) in [5, 5.41) is 7.86. The van der Waals surface area contributed by atoms with Crippen molar-refractivity contribution in [2.45, 2.75) is 25.8 Å². The first kappa shape index (κ1) is 17.6. The van der Waals surface area contributed by atoms with Crippen LogP contribution in [0, 0.1) is 11.6 Å². The maximum atomic E-state index is 13.5. The molecule has 1 N–H and O–H groups in total. The molecule has 0 spiro atoms. The second-order valence-electron chi connectivity index (χ2n) is 7.17. The molecule has 0 saturated carbocycles. The number of benzene rings is 1. The van der Waals surface area contributed by atoms with E-state index in [0.29, 0.717) is 29.3 Å². The minimum Gasteiger partial charge on any atom is -0.337 e. The van der Waals surface area contributed by atoms with Gasteiger partial charge < -0.3 is 14.8 Å². The molecule has 29 heavy (non-hydrogen) atoms. The molecule has 0 amide bonds. The molecule has 7 nitrogen and oxygen atoms in total. The van der Waals surface area contributed by atoms with Gasteiger partial charge in [0, 0.05) is 30.5 Å². The standard InChI is InChI=1S/C20H19F2N7/c1-13-4-2-8-28(13)20-25-19(17-5-3-9-29(17)26-20)24-18-11-27(12-23-18)14-6-7-15(21)16(22)10-14/h3,5-7,9-13H,2,4,8H2,1H3,(H,24,25,26)/t13-/m1/s1. The van der Waals surface area contributed by atoms with Crippen LogP contribution in [0.25, 0.3) is 11.2 Å². The molecule has 1 aliphatic heterocycles. The molecule has 148 valence electrons. The minimum absolute atomic E-state index is 0.392. The Bertz CT molecular complexity index is 1180. The van der Waals surface area contributed by atoms with Crippen molar-refractivity contribution in [2.75, 3.05) is 16.8 Å². The van der Waals surface area contributed by atoms with Gasteiger partial charge in [-0.25, -0.2) is 18.3 Å². The summed E-state index contributed by atoms with van der Waals surface area (Å²) in [5.74, 6) is 0.0566. The largest absolute Gasteiger partial charge is 0.337 e. The SMILES string of the molecule is C[C@@H]1CCCN1c1nc(Nc2cn(-c3ccc(F)c(F)c3)cn2)c2cccn2n1. The number of rotatable bonds is 4. The number of anilines is 3. The van der Waals surface area contributed by atoms with Gasteiger partial charge in [0.2, 0.25) is 5.95 Å². The van der Waals surface area contributed by atoms with Crippen molar-refractivity contribution in [1.82, 2.24) is 24.1 Å². The summed E-state index contributed by atoms with van der Waals surface area (Å²) in [6.45, 7) is 3.10. The first-order valence-corrected chi connectivity index (χ1v) is 9.47. The van der Waals surface area contributed by atoms with Gasteiger partial charge in [0.25, 0.3) is 0 Å². The van der Waals surface area contributed by atoms with Crippen LogP contribution in [0.15, 0.2) is 49.1 Å². The van der Waals surface area contributed by atoms with Crippen LogP contribution in [0.4, 0.5) is 26.4 Å². The zero-order valence-electron chi connectivity index (χ0n) is 15.8. The molecule has 1 aromatic carbocycles. The molecule has 4 aromatic rings. The summed E-state index contributed by atoms with van der Waals surface area (Å²) in [6.07, 6.45) is 7.36. The third-order valence-electron chi connectivity index (χ3n) is 5.22. The normalized spacial score (nSPS) is 16.7. The van der Waals surface area contributed by atoms with E-state index in [2.05, 4.69) is 27.2 Å². The smallest absolute Gasteiger partial charge is 0.245 e. The van der Waals surface area contributed by atoms with Crippen molar-refractivity contribution < 1.29 is 8.78 Å². The highest BCUT2D eigenvalue weighted by atomic mass is 19.2. The van der Waals surface area contributed by atoms with Crippen LogP contribution in [0.1, 0.15) is 19.8 Å². The number of hydrogen-bond donors (Lipinski definition) is 1. The fourth-order valence-corrected chi connectivity index (χ4v) is 3.66. The number of nitrogens with zero attached hydrogens (tertiary/aromatic N) is 6. The van der Waals surface area contributed by atoms with Crippen LogP contribution in [0.2, 0.25) is 0 Å². The van der Waals surface area contributed by atoms with Gasteiger partial charge in [-0.05, 0) is 44.0 Å². The van der Waals surface area contributed by atoms with Crippen LogP contribution in [-0.4, -0.2) is 36.7 Å². The van der Waals surface area contributed by atoms with Crippen LogP contribution in [0.5, 0.6) is 0 Å². The fourth-order valence-electron chi connectivity index (χ4n) is 3.66. The molecular formula is C20H19F2N7. The lowest BCUT2D eigenvalue weighted by Gasteiger charge is -2.22. The fraction of sp³-hybridized carbons (Fsp3) is 0.250. The second-order valence-corrected chi connectivity index (χ2v) is 7.17. The molecule has 3 aromatic heterocycles. The summed E-state index contributed by atoms with van der Waals surface area (Å²) in [7, 11) is 0. The van der Waals surface area contributed by atoms with E-state index in [-0.39, 0.29) is 0 Å². The van der Waals surface area contributed by atoms with E-state index < -0.39 is 11.6 Å². The van der Waals surface area contributed by atoms with Crippen molar-refractivity contribution in [3.05, 3.63) is 60.7 Å². The summed E-state index contributed by atoms with van der Waals surface area (Å²) in [5.41, 5.74) is 1.30. The molecule has 0 aliphatic carbocycles. The first-order valence-electron chi connectivity index (χ1n) is 9.47. The van der Waals surface area contributed by atoms with Gasteiger partial charge in [-0.1, -0.05) is 0 Å². The number of fused-ring (bicyclic) bond motifs is 1. The molecule has 1 saturated heterocycles. The van der Waals surface area contributed by atoms with Crippen molar-refractivity contribution >= 4 is 23.1 Å². The summed E-state index contributed by atoms with van der Waals surface area (Å²) in [6, 6.07) is 7.94.